The molecule has 3 aromatic rings. The Morgan fingerprint density at radius 2 is 1.91 bits per heavy atom. The molecule has 2 aromatic heterocycles. The van der Waals surface area contributed by atoms with Gasteiger partial charge in [0.2, 0.25) is 10.0 Å². The Bertz CT molecular complexity index is 958. The molecule has 0 fully saturated rings. The third kappa shape index (κ3) is 3.29. The van der Waals surface area contributed by atoms with E-state index in [1.807, 2.05) is 24.3 Å². The number of anilines is 1. The monoisotopic (exact) mass is 353 g/mol. The van der Waals surface area contributed by atoms with Crippen molar-refractivity contribution < 1.29 is 8.42 Å². The summed E-state index contributed by atoms with van der Waals surface area (Å²) in [6, 6.07) is 7.68. The number of rotatable bonds is 4. The predicted octanol–water partition coefficient (Wildman–Crippen LogP) is 3.85. The molecule has 0 unspecified atom stereocenters. The highest BCUT2D eigenvalue weighted by Crippen LogP contribution is 2.35. The second kappa shape index (κ2) is 5.71. The first-order valence-electron chi connectivity index (χ1n) is 6.14. The van der Waals surface area contributed by atoms with Crippen molar-refractivity contribution in [3.63, 3.8) is 0 Å². The summed E-state index contributed by atoms with van der Waals surface area (Å²) in [7, 11) is -3.35. The number of fused-ring (bicyclic) bond motifs is 1. The maximum atomic E-state index is 11.2. The number of hydrogen-bond donors (Lipinski definition) is 1. The van der Waals surface area contributed by atoms with E-state index in [1.165, 1.54) is 11.5 Å². The second-order valence-corrected chi connectivity index (χ2v) is 7.97. The molecule has 0 saturated heterocycles. The molecular weight excluding hydrogens is 342 g/mol. The number of aryl methyl sites for hydroxylation is 1. The Hall–Kier alpha value is -1.91. The van der Waals surface area contributed by atoms with E-state index in [2.05, 4.69) is 24.3 Å². The molecule has 0 radical (unpaired) electrons. The molecule has 0 amide bonds. The van der Waals surface area contributed by atoms with Crippen molar-refractivity contribution in [2.24, 2.45) is 10.2 Å². The number of hydrogen-bond acceptors (Lipinski definition) is 8. The van der Waals surface area contributed by atoms with Gasteiger partial charge in [0.05, 0.1) is 17.5 Å². The molecule has 0 atom stereocenters. The first kappa shape index (κ1) is 15.0. The van der Waals surface area contributed by atoms with Gasteiger partial charge in [-0.2, -0.15) is 4.37 Å². The van der Waals surface area contributed by atoms with Crippen molar-refractivity contribution in [2.45, 2.75) is 6.92 Å². The van der Waals surface area contributed by atoms with Crippen LogP contribution in [0.25, 0.3) is 10.9 Å². The number of nitrogens with zero attached hydrogens (tertiary/aromatic N) is 4. The van der Waals surface area contributed by atoms with Crippen molar-refractivity contribution in [1.82, 2.24) is 9.36 Å². The lowest BCUT2D eigenvalue weighted by Gasteiger charge is -1.95. The molecule has 2 heterocycles. The largest absolute Gasteiger partial charge is 0.259 e. The van der Waals surface area contributed by atoms with E-state index in [0.717, 1.165) is 28.5 Å². The smallest absolute Gasteiger partial charge is 0.231 e. The lowest BCUT2D eigenvalue weighted by atomic mass is 10.2. The van der Waals surface area contributed by atoms with Crippen molar-refractivity contribution >= 4 is 58.9 Å². The van der Waals surface area contributed by atoms with Crippen LogP contribution in [0.3, 0.4) is 0 Å². The molecule has 1 N–H and O–H groups in total. The van der Waals surface area contributed by atoms with Gasteiger partial charge in [-0.3, -0.25) is 4.72 Å². The van der Waals surface area contributed by atoms with Crippen LogP contribution in [-0.4, -0.2) is 24.0 Å². The van der Waals surface area contributed by atoms with Gasteiger partial charge in [0, 0.05) is 5.39 Å². The molecule has 0 spiro atoms. The van der Waals surface area contributed by atoms with E-state index in [4.69, 9.17) is 0 Å². The Labute approximate surface area is 135 Å². The Morgan fingerprint density at radius 3 is 2.68 bits per heavy atom. The van der Waals surface area contributed by atoms with Crippen LogP contribution in [0.2, 0.25) is 0 Å². The minimum atomic E-state index is -3.35. The van der Waals surface area contributed by atoms with Crippen LogP contribution in [-0.2, 0) is 10.0 Å². The molecule has 10 heteroatoms. The van der Waals surface area contributed by atoms with Crippen LogP contribution in [0.15, 0.2) is 34.5 Å². The van der Waals surface area contributed by atoms with E-state index in [-0.39, 0.29) is 5.13 Å². The first-order chi connectivity index (χ1) is 10.4. The summed E-state index contributed by atoms with van der Waals surface area (Å²) in [5.74, 6) is 0. The van der Waals surface area contributed by atoms with Crippen molar-refractivity contribution in [3.8, 4) is 0 Å². The molecule has 0 bridgehead atoms. The zero-order valence-corrected chi connectivity index (χ0v) is 14.1. The van der Waals surface area contributed by atoms with Crippen LogP contribution < -0.4 is 4.72 Å². The molecular formula is C12H11N5O2S3. The number of nitrogens with one attached hydrogen (secondary N) is 1. The molecule has 1 aromatic carbocycles. The van der Waals surface area contributed by atoms with E-state index in [1.54, 1.807) is 6.92 Å². The molecule has 0 aliphatic heterocycles. The Balaban J connectivity index is 1.89. The van der Waals surface area contributed by atoms with Crippen LogP contribution in [0.4, 0.5) is 15.1 Å². The maximum absolute atomic E-state index is 11.2. The number of benzene rings is 1. The minimum Gasteiger partial charge on any atom is -0.259 e. The highest BCUT2D eigenvalue weighted by Gasteiger charge is 2.11. The molecule has 0 aliphatic carbocycles. The Kier molecular flexibility index (Phi) is 3.89. The lowest BCUT2D eigenvalue weighted by Crippen LogP contribution is -2.08. The summed E-state index contributed by atoms with van der Waals surface area (Å²) in [6.45, 7) is 1.75. The second-order valence-electron chi connectivity index (χ2n) is 4.49. The van der Waals surface area contributed by atoms with E-state index >= 15 is 0 Å². The normalized spacial score (nSPS) is 12.3. The summed E-state index contributed by atoms with van der Waals surface area (Å²) in [6.07, 6.45) is 1.08. The summed E-state index contributed by atoms with van der Waals surface area (Å²) < 4.78 is 29.0. The minimum absolute atomic E-state index is 0.281. The van der Waals surface area contributed by atoms with Crippen molar-refractivity contribution in [1.29, 1.82) is 0 Å². The third-order valence-corrected chi connectivity index (χ3v) is 5.05. The van der Waals surface area contributed by atoms with E-state index in [9.17, 15) is 8.42 Å². The molecule has 22 heavy (non-hydrogen) atoms. The molecule has 0 aliphatic rings. The van der Waals surface area contributed by atoms with Gasteiger partial charge >= 0.3 is 0 Å². The van der Waals surface area contributed by atoms with Crippen LogP contribution >= 0.6 is 22.9 Å². The third-order valence-electron chi connectivity index (χ3n) is 2.64. The fourth-order valence-electron chi connectivity index (χ4n) is 1.72. The highest BCUT2D eigenvalue weighted by atomic mass is 32.2. The molecule has 0 saturated carbocycles. The van der Waals surface area contributed by atoms with Gasteiger partial charge in [-0.05, 0) is 30.6 Å². The summed E-state index contributed by atoms with van der Waals surface area (Å²) in [5, 5.41) is 10.9. The zero-order valence-electron chi connectivity index (χ0n) is 11.6. The van der Waals surface area contributed by atoms with E-state index in [0.29, 0.717) is 15.7 Å². The molecule has 3 rings (SSSR count). The average molecular weight is 353 g/mol. The van der Waals surface area contributed by atoms with Gasteiger partial charge in [0.15, 0.2) is 15.1 Å². The summed E-state index contributed by atoms with van der Waals surface area (Å²) in [4.78, 5) is 4.12. The first-order valence-corrected chi connectivity index (χ1v) is 9.62. The number of azo groups is 1. The summed E-state index contributed by atoms with van der Waals surface area (Å²) in [5.41, 5.74) is 1.50. The fourth-order valence-corrected chi connectivity index (χ4v) is 4.04. The van der Waals surface area contributed by atoms with Gasteiger partial charge in [0.25, 0.3) is 0 Å². The van der Waals surface area contributed by atoms with Crippen LogP contribution in [0.5, 0.6) is 0 Å². The number of aromatic nitrogens is 2. The standard InChI is InChI=1S/C12H11N5O2S3/c1-7-10(20-12(13-7)17-22(2,18)19)14-15-11-8-5-3-4-6-9(8)16-21-11/h3-6H,1-2H3,(H,13,17). The quantitative estimate of drug-likeness (QED) is 0.720. The van der Waals surface area contributed by atoms with Gasteiger partial charge in [0.1, 0.15) is 0 Å². The lowest BCUT2D eigenvalue weighted by molar-refractivity contribution is 0.607. The van der Waals surface area contributed by atoms with Crippen molar-refractivity contribution in [3.05, 3.63) is 30.0 Å². The van der Waals surface area contributed by atoms with Crippen LogP contribution in [0, 0.1) is 6.92 Å². The van der Waals surface area contributed by atoms with Crippen LogP contribution in [0.1, 0.15) is 5.69 Å². The number of sulfonamides is 1. The predicted molar refractivity (Wildman–Crippen MR) is 89.1 cm³/mol. The Morgan fingerprint density at radius 1 is 1.18 bits per heavy atom. The maximum Gasteiger partial charge on any atom is 0.231 e. The number of thiazole rings is 1. The molecule has 7 nitrogen and oxygen atoms in total. The fraction of sp³-hybridized carbons (Fsp3) is 0.167. The zero-order chi connectivity index (χ0) is 15.7. The van der Waals surface area contributed by atoms with Crippen molar-refractivity contribution in [2.75, 3.05) is 11.0 Å². The van der Waals surface area contributed by atoms with Gasteiger partial charge in [-0.1, -0.05) is 23.5 Å². The highest BCUT2D eigenvalue weighted by molar-refractivity contribution is 7.92. The van der Waals surface area contributed by atoms with Gasteiger partial charge in [-0.15, -0.1) is 10.2 Å². The summed E-state index contributed by atoms with van der Waals surface area (Å²) >= 11 is 2.40. The SMILES string of the molecule is Cc1nc(NS(C)(=O)=O)sc1N=Nc1snc2ccccc12. The molecule has 114 valence electrons. The van der Waals surface area contributed by atoms with Gasteiger partial charge in [-0.25, -0.2) is 13.4 Å². The van der Waals surface area contributed by atoms with Gasteiger partial charge < -0.3 is 0 Å². The van der Waals surface area contributed by atoms with E-state index < -0.39 is 10.0 Å². The topological polar surface area (TPSA) is 96.7 Å². The average Bonchev–Trinajstić information content (AvgIpc) is 2.98.